The minimum absolute atomic E-state index is 0.0483. The molecule has 0 unspecified atom stereocenters. The minimum atomic E-state index is -0.0483. The van der Waals surface area contributed by atoms with Crippen LogP contribution in [0.5, 0.6) is 11.5 Å². The molecule has 0 bridgehead atoms. The molecule has 1 aromatic rings. The van der Waals surface area contributed by atoms with Gasteiger partial charge in [-0.05, 0) is 69.6 Å². The summed E-state index contributed by atoms with van der Waals surface area (Å²) < 4.78 is 11.6. The number of carbonyl (C=O) groups excluding carboxylic acids is 1. The van der Waals surface area contributed by atoms with E-state index in [-0.39, 0.29) is 17.9 Å². The molecule has 0 heterocycles. The van der Waals surface area contributed by atoms with Crippen molar-refractivity contribution < 1.29 is 14.3 Å². The van der Waals surface area contributed by atoms with E-state index in [0.717, 1.165) is 49.2 Å². The van der Waals surface area contributed by atoms with E-state index in [2.05, 4.69) is 17.5 Å². The average Bonchev–Trinajstić information content (AvgIpc) is 3.15. The van der Waals surface area contributed by atoms with Crippen molar-refractivity contribution >= 4 is 5.91 Å². The quantitative estimate of drug-likeness (QED) is 0.771. The van der Waals surface area contributed by atoms with E-state index in [4.69, 9.17) is 9.47 Å². The highest BCUT2D eigenvalue weighted by molar-refractivity contribution is 5.79. The molecule has 0 spiro atoms. The highest BCUT2D eigenvalue weighted by Gasteiger charge is 2.22. The van der Waals surface area contributed by atoms with Crippen LogP contribution >= 0.6 is 0 Å². The summed E-state index contributed by atoms with van der Waals surface area (Å²) in [5.41, 5.74) is 1.04. The summed E-state index contributed by atoms with van der Waals surface area (Å²) >= 11 is 0. The van der Waals surface area contributed by atoms with E-state index in [0.29, 0.717) is 6.10 Å². The van der Waals surface area contributed by atoms with Gasteiger partial charge in [-0.2, -0.15) is 0 Å². The Bertz CT molecular complexity index is 620. The van der Waals surface area contributed by atoms with Crippen LogP contribution in [0, 0.1) is 5.92 Å². The van der Waals surface area contributed by atoms with Crippen LogP contribution in [0.15, 0.2) is 30.4 Å². The Kier molecular flexibility index (Phi) is 6.00. The van der Waals surface area contributed by atoms with Crippen molar-refractivity contribution in [2.75, 3.05) is 7.11 Å². The van der Waals surface area contributed by atoms with Crippen LogP contribution in [-0.4, -0.2) is 19.1 Å². The Morgan fingerprint density at radius 1 is 1.16 bits per heavy atom. The highest BCUT2D eigenvalue weighted by Crippen LogP contribution is 2.34. The normalized spacial score (nSPS) is 21.8. The molecule has 0 aromatic heterocycles. The number of ether oxygens (including phenoxy) is 2. The summed E-state index contributed by atoms with van der Waals surface area (Å²) in [7, 11) is 1.66. The Morgan fingerprint density at radius 3 is 2.64 bits per heavy atom. The third-order valence-electron chi connectivity index (χ3n) is 5.28. The average molecular weight is 343 g/mol. The zero-order chi connectivity index (χ0) is 17.6. The van der Waals surface area contributed by atoms with E-state index in [9.17, 15) is 4.79 Å². The number of rotatable bonds is 6. The van der Waals surface area contributed by atoms with Crippen LogP contribution in [0.25, 0.3) is 0 Å². The number of allylic oxidation sites excluding steroid dienone is 2. The summed E-state index contributed by atoms with van der Waals surface area (Å²) in [6.45, 7) is 2.02. The molecule has 1 aromatic carbocycles. The fourth-order valence-electron chi connectivity index (χ4n) is 3.68. The van der Waals surface area contributed by atoms with Gasteiger partial charge in [0.2, 0.25) is 5.91 Å². The van der Waals surface area contributed by atoms with Gasteiger partial charge in [-0.15, -0.1) is 0 Å². The lowest BCUT2D eigenvalue weighted by molar-refractivity contribution is -0.125. The van der Waals surface area contributed by atoms with Gasteiger partial charge in [0.25, 0.3) is 0 Å². The first kappa shape index (κ1) is 17.8. The summed E-state index contributed by atoms with van der Waals surface area (Å²) in [5, 5.41) is 3.14. The van der Waals surface area contributed by atoms with Crippen molar-refractivity contribution in [1.82, 2.24) is 5.32 Å². The SMILES string of the molecule is COc1cc([C@H](C)NC(=O)[C@H]2CC=CCC2)ccc1OC1CCCC1. The van der Waals surface area contributed by atoms with Crippen LogP contribution in [0.4, 0.5) is 0 Å². The first-order chi connectivity index (χ1) is 12.2. The maximum Gasteiger partial charge on any atom is 0.223 e. The molecular formula is C21H29NO3. The lowest BCUT2D eigenvalue weighted by Crippen LogP contribution is -2.33. The molecule has 1 amide bonds. The molecule has 4 nitrogen and oxygen atoms in total. The molecule has 2 atom stereocenters. The van der Waals surface area contributed by atoms with Crippen LogP contribution in [0.2, 0.25) is 0 Å². The molecule has 0 aliphatic heterocycles. The first-order valence-corrected chi connectivity index (χ1v) is 9.47. The largest absolute Gasteiger partial charge is 0.493 e. The highest BCUT2D eigenvalue weighted by atomic mass is 16.5. The summed E-state index contributed by atoms with van der Waals surface area (Å²) in [6, 6.07) is 5.93. The van der Waals surface area contributed by atoms with Gasteiger partial charge >= 0.3 is 0 Å². The number of hydrogen-bond donors (Lipinski definition) is 1. The molecular weight excluding hydrogens is 314 g/mol. The number of hydrogen-bond acceptors (Lipinski definition) is 3. The predicted octanol–water partition coefficient (Wildman–Crippen LogP) is 4.55. The second-order valence-electron chi connectivity index (χ2n) is 7.15. The van der Waals surface area contributed by atoms with Crippen LogP contribution in [0.1, 0.15) is 63.5 Å². The lowest BCUT2D eigenvalue weighted by atomic mass is 9.93. The third-order valence-corrected chi connectivity index (χ3v) is 5.28. The van der Waals surface area contributed by atoms with E-state index in [1.165, 1.54) is 12.8 Å². The lowest BCUT2D eigenvalue weighted by Gasteiger charge is -2.22. The Hall–Kier alpha value is -1.97. The topological polar surface area (TPSA) is 47.6 Å². The molecule has 1 saturated carbocycles. The molecule has 0 saturated heterocycles. The van der Waals surface area contributed by atoms with Gasteiger partial charge in [-0.25, -0.2) is 0 Å². The Balaban J connectivity index is 1.64. The smallest absolute Gasteiger partial charge is 0.223 e. The van der Waals surface area contributed by atoms with E-state index >= 15 is 0 Å². The van der Waals surface area contributed by atoms with Crippen molar-refractivity contribution in [3.05, 3.63) is 35.9 Å². The molecule has 0 radical (unpaired) electrons. The zero-order valence-electron chi connectivity index (χ0n) is 15.3. The fraction of sp³-hybridized carbons (Fsp3) is 0.571. The van der Waals surface area contributed by atoms with Crippen molar-refractivity contribution in [3.8, 4) is 11.5 Å². The maximum absolute atomic E-state index is 12.4. The molecule has 2 aliphatic carbocycles. The number of nitrogens with one attached hydrogen (secondary N) is 1. The number of carbonyl (C=O) groups is 1. The molecule has 4 heteroatoms. The van der Waals surface area contributed by atoms with Gasteiger partial charge in [-0.3, -0.25) is 4.79 Å². The molecule has 25 heavy (non-hydrogen) atoms. The standard InChI is InChI=1S/C21H29NO3/c1-15(22-21(23)16-8-4-3-5-9-16)17-12-13-19(20(14-17)24-2)25-18-10-6-7-11-18/h3-4,12-16,18H,5-11H2,1-2H3,(H,22,23)/t15-,16-/m0/s1. The fourth-order valence-corrected chi connectivity index (χ4v) is 3.68. The predicted molar refractivity (Wildman–Crippen MR) is 98.9 cm³/mol. The van der Waals surface area contributed by atoms with Gasteiger partial charge in [0.15, 0.2) is 11.5 Å². The van der Waals surface area contributed by atoms with E-state index in [1.54, 1.807) is 7.11 Å². The van der Waals surface area contributed by atoms with Gasteiger partial charge in [0, 0.05) is 5.92 Å². The second kappa shape index (κ2) is 8.41. The van der Waals surface area contributed by atoms with Crippen LogP contribution in [0.3, 0.4) is 0 Å². The molecule has 2 aliphatic rings. The number of amides is 1. The Labute approximate surface area is 150 Å². The van der Waals surface area contributed by atoms with Gasteiger partial charge in [0.1, 0.15) is 0 Å². The summed E-state index contributed by atoms with van der Waals surface area (Å²) in [6.07, 6.45) is 12.1. The summed E-state index contributed by atoms with van der Waals surface area (Å²) in [4.78, 5) is 12.4. The molecule has 1 N–H and O–H groups in total. The Morgan fingerprint density at radius 2 is 1.96 bits per heavy atom. The molecule has 136 valence electrons. The maximum atomic E-state index is 12.4. The number of methoxy groups -OCH3 is 1. The van der Waals surface area contributed by atoms with Crippen LogP contribution < -0.4 is 14.8 Å². The summed E-state index contributed by atoms with van der Waals surface area (Å²) in [5.74, 6) is 1.78. The first-order valence-electron chi connectivity index (χ1n) is 9.47. The molecule has 1 fully saturated rings. The third kappa shape index (κ3) is 4.56. The van der Waals surface area contributed by atoms with Crippen molar-refractivity contribution in [3.63, 3.8) is 0 Å². The van der Waals surface area contributed by atoms with E-state index < -0.39 is 0 Å². The van der Waals surface area contributed by atoms with Gasteiger partial charge in [0.05, 0.1) is 19.3 Å². The zero-order valence-corrected chi connectivity index (χ0v) is 15.3. The van der Waals surface area contributed by atoms with Crippen LogP contribution in [-0.2, 0) is 4.79 Å². The van der Waals surface area contributed by atoms with Crippen molar-refractivity contribution in [2.24, 2.45) is 5.92 Å². The monoisotopic (exact) mass is 343 g/mol. The molecule has 3 rings (SSSR count). The van der Waals surface area contributed by atoms with Crippen molar-refractivity contribution in [1.29, 1.82) is 0 Å². The second-order valence-corrected chi connectivity index (χ2v) is 7.15. The van der Waals surface area contributed by atoms with Gasteiger partial charge in [-0.1, -0.05) is 18.2 Å². The van der Waals surface area contributed by atoms with Crippen molar-refractivity contribution in [2.45, 2.75) is 64.0 Å². The minimum Gasteiger partial charge on any atom is -0.493 e. The van der Waals surface area contributed by atoms with Gasteiger partial charge < -0.3 is 14.8 Å². The number of benzene rings is 1. The van der Waals surface area contributed by atoms with E-state index in [1.807, 2.05) is 25.1 Å².